The molecule has 8 nitrogen and oxygen atoms in total. The zero-order chi connectivity index (χ0) is 26.6. The van der Waals surface area contributed by atoms with Crippen LogP contribution in [0.25, 0.3) is 0 Å². The van der Waals surface area contributed by atoms with Crippen molar-refractivity contribution in [2.45, 2.75) is 91.4 Å². The van der Waals surface area contributed by atoms with E-state index in [-0.39, 0.29) is 16.2 Å². The Kier molecular flexibility index (Phi) is 7.84. The van der Waals surface area contributed by atoms with Crippen LogP contribution in [0, 0.1) is 0 Å². The van der Waals surface area contributed by atoms with Gasteiger partial charge in [0.25, 0.3) is 0 Å². The molecular weight excluding hydrogens is 539 g/mol. The normalized spacial score (nSPS) is 26.2. The van der Waals surface area contributed by atoms with Gasteiger partial charge in [-0.05, 0) is 45.9 Å². The van der Waals surface area contributed by atoms with Gasteiger partial charge in [0.2, 0.25) is 0 Å². The standard InChI is InChI=1S/C24H41ClN3O5P3/c1-22(2,3)18-16-19(23(4,5)6)21(20(17-18)24(7,8)9)33-34(25)26-35(29-12-10-13-30-35)28-36(27-34)31-14-11-15-32-36/h16-17H,10-15H2,1-9H3. The number of nitrogens with zero attached hydrogens (tertiary/aromatic N) is 3. The van der Waals surface area contributed by atoms with Gasteiger partial charge in [0.15, 0.2) is 0 Å². The molecule has 0 N–H and O–H groups in total. The van der Waals surface area contributed by atoms with E-state index in [2.05, 4.69) is 74.4 Å². The molecule has 1 unspecified atom stereocenters. The van der Waals surface area contributed by atoms with Gasteiger partial charge in [0.1, 0.15) is 5.75 Å². The second-order valence-electron chi connectivity index (χ2n) is 12.5. The van der Waals surface area contributed by atoms with Crippen LogP contribution in [0.5, 0.6) is 5.75 Å². The van der Waals surface area contributed by atoms with Gasteiger partial charge in [-0.15, -0.1) is 13.5 Å². The third kappa shape index (κ3) is 6.18. The molecule has 4 rings (SSSR count). The molecule has 2 spiro atoms. The summed E-state index contributed by atoms with van der Waals surface area (Å²) in [6.45, 7) is 18.3. The van der Waals surface area contributed by atoms with Crippen LogP contribution in [0.3, 0.4) is 0 Å². The molecule has 0 amide bonds. The first-order valence-electron chi connectivity index (χ1n) is 12.5. The highest BCUT2D eigenvalue weighted by Crippen LogP contribution is 2.82. The third-order valence-electron chi connectivity index (χ3n) is 6.07. The maximum atomic E-state index is 7.26. The Morgan fingerprint density at radius 1 is 0.667 bits per heavy atom. The van der Waals surface area contributed by atoms with Crippen LogP contribution in [-0.4, -0.2) is 26.4 Å². The highest BCUT2D eigenvalue weighted by atomic mass is 35.7. The lowest BCUT2D eigenvalue weighted by Crippen LogP contribution is -2.22. The molecule has 3 aliphatic heterocycles. The molecule has 3 heterocycles. The van der Waals surface area contributed by atoms with Gasteiger partial charge in [-0.3, -0.25) is 0 Å². The molecule has 0 bridgehead atoms. The first kappa shape index (κ1) is 28.8. The largest absolute Gasteiger partial charge is 0.430 e. The molecule has 204 valence electrons. The number of rotatable bonds is 2. The second kappa shape index (κ2) is 9.79. The summed E-state index contributed by atoms with van der Waals surface area (Å²) >= 11 is 7.26. The summed E-state index contributed by atoms with van der Waals surface area (Å²) in [5.74, 6) is 0.714. The minimum atomic E-state index is -3.37. The summed E-state index contributed by atoms with van der Waals surface area (Å²) < 4.78 is 45.4. The van der Waals surface area contributed by atoms with Crippen LogP contribution in [0.4, 0.5) is 0 Å². The third-order valence-corrected chi connectivity index (χ3v) is 15.4. The molecule has 0 aromatic heterocycles. The first-order valence-corrected chi connectivity index (χ1v) is 18.1. The summed E-state index contributed by atoms with van der Waals surface area (Å²) in [7, 11) is -6.15. The molecule has 0 aliphatic carbocycles. The van der Waals surface area contributed by atoms with Crippen molar-refractivity contribution in [1.82, 2.24) is 0 Å². The van der Waals surface area contributed by atoms with Crippen molar-refractivity contribution >= 4 is 33.3 Å². The quantitative estimate of drug-likeness (QED) is 0.326. The van der Waals surface area contributed by atoms with Crippen molar-refractivity contribution in [3.05, 3.63) is 28.8 Å². The number of hydrogen-bond acceptors (Lipinski definition) is 8. The van der Waals surface area contributed by atoms with Gasteiger partial charge in [-0.25, -0.2) is 0 Å². The van der Waals surface area contributed by atoms with Crippen LogP contribution in [0.1, 0.15) is 91.8 Å². The lowest BCUT2D eigenvalue weighted by molar-refractivity contribution is 0.163. The van der Waals surface area contributed by atoms with Gasteiger partial charge in [-0.2, -0.15) is 0 Å². The topological polar surface area (TPSA) is 83.2 Å². The first-order chi connectivity index (χ1) is 16.5. The molecular formula is C24H41ClN3O5P3. The van der Waals surface area contributed by atoms with E-state index in [4.69, 9.17) is 47.4 Å². The van der Waals surface area contributed by atoms with Crippen LogP contribution in [0.15, 0.2) is 25.7 Å². The predicted molar refractivity (Wildman–Crippen MR) is 150 cm³/mol. The van der Waals surface area contributed by atoms with E-state index < -0.39 is 22.1 Å². The monoisotopic (exact) mass is 579 g/mol. The number of benzene rings is 1. The minimum Gasteiger partial charge on any atom is -0.430 e. The Bertz CT molecular complexity index is 1120. The van der Waals surface area contributed by atoms with Gasteiger partial charge < -0.3 is 22.6 Å². The second-order valence-corrected chi connectivity index (χ2v) is 20.1. The molecule has 0 saturated carbocycles. The molecule has 12 heteroatoms. The fourth-order valence-electron chi connectivity index (χ4n) is 4.04. The van der Waals surface area contributed by atoms with E-state index in [1.165, 1.54) is 5.56 Å². The zero-order valence-electron chi connectivity index (χ0n) is 23.0. The molecule has 2 fully saturated rings. The average Bonchev–Trinajstić information content (AvgIpc) is 2.71. The molecule has 36 heavy (non-hydrogen) atoms. The molecule has 0 radical (unpaired) electrons. The van der Waals surface area contributed by atoms with Crippen molar-refractivity contribution in [2.24, 2.45) is 13.5 Å². The fraction of sp³-hybridized carbons (Fsp3) is 0.750. The van der Waals surface area contributed by atoms with Crippen molar-refractivity contribution in [1.29, 1.82) is 0 Å². The van der Waals surface area contributed by atoms with E-state index >= 15 is 0 Å². The molecule has 3 aliphatic rings. The average molecular weight is 580 g/mol. The lowest BCUT2D eigenvalue weighted by Gasteiger charge is -2.36. The number of hydrogen-bond donors (Lipinski definition) is 0. The summed E-state index contributed by atoms with van der Waals surface area (Å²) in [5, 5.41) is 0. The van der Waals surface area contributed by atoms with Crippen LogP contribution < -0.4 is 4.52 Å². The van der Waals surface area contributed by atoms with Gasteiger partial charge >= 0.3 is 22.1 Å². The highest BCUT2D eigenvalue weighted by Gasteiger charge is 2.45. The maximum Gasteiger partial charge on any atom is 0.354 e. The Labute approximate surface area is 221 Å². The van der Waals surface area contributed by atoms with Crippen LogP contribution >= 0.6 is 33.3 Å². The summed E-state index contributed by atoms with van der Waals surface area (Å²) in [6, 6.07) is 4.47. The van der Waals surface area contributed by atoms with Gasteiger partial charge in [-0.1, -0.05) is 74.4 Å². The van der Waals surface area contributed by atoms with Crippen LogP contribution in [-0.2, 0) is 34.3 Å². The summed E-state index contributed by atoms with van der Waals surface area (Å²) in [4.78, 5) is 0. The summed E-state index contributed by atoms with van der Waals surface area (Å²) in [5.41, 5.74) is 2.88. The molecule has 1 aromatic rings. The molecule has 1 atom stereocenters. The Morgan fingerprint density at radius 2 is 1.08 bits per heavy atom. The lowest BCUT2D eigenvalue weighted by atomic mass is 9.75. The van der Waals surface area contributed by atoms with E-state index in [9.17, 15) is 0 Å². The molecule has 1 aromatic carbocycles. The van der Waals surface area contributed by atoms with E-state index in [0.717, 1.165) is 24.0 Å². The zero-order valence-corrected chi connectivity index (χ0v) is 26.4. The van der Waals surface area contributed by atoms with Crippen molar-refractivity contribution in [3.8, 4) is 5.75 Å². The fourth-order valence-corrected chi connectivity index (χ4v) is 14.5. The van der Waals surface area contributed by atoms with Crippen molar-refractivity contribution < 1.29 is 22.6 Å². The Hall–Kier alpha value is -0.160. The SMILES string of the molecule is CC(C)(C)c1cc(C(C)(C)C)c(OP2(Cl)=NP3(=NP4(=N2)OCCCO4)OCCCO3)c(C(C)(C)C)c1. The van der Waals surface area contributed by atoms with E-state index in [1.54, 1.807) is 0 Å². The van der Waals surface area contributed by atoms with Crippen LogP contribution in [0.2, 0.25) is 0 Å². The number of halogens is 1. The predicted octanol–water partition coefficient (Wildman–Crippen LogP) is 9.92. The van der Waals surface area contributed by atoms with Gasteiger partial charge in [0, 0.05) is 11.1 Å². The maximum absolute atomic E-state index is 7.26. The highest BCUT2D eigenvalue weighted by molar-refractivity contribution is 7.94. The van der Waals surface area contributed by atoms with Crippen molar-refractivity contribution in [2.75, 3.05) is 26.4 Å². The van der Waals surface area contributed by atoms with E-state index in [1.807, 2.05) is 0 Å². The van der Waals surface area contributed by atoms with E-state index in [0.29, 0.717) is 32.2 Å². The Morgan fingerprint density at radius 3 is 1.47 bits per heavy atom. The van der Waals surface area contributed by atoms with Gasteiger partial charge in [0.05, 0.1) is 26.4 Å². The smallest absolute Gasteiger partial charge is 0.354 e. The Balaban J connectivity index is 1.97. The van der Waals surface area contributed by atoms with Crippen molar-refractivity contribution in [3.63, 3.8) is 0 Å². The summed E-state index contributed by atoms with van der Waals surface area (Å²) in [6.07, 6.45) is 1.53. The molecule has 2 saturated heterocycles. The minimum absolute atomic E-state index is 0.0382.